The van der Waals surface area contributed by atoms with Gasteiger partial charge in [-0.1, -0.05) is 23.7 Å². The topological polar surface area (TPSA) is 122 Å². The highest BCUT2D eigenvalue weighted by atomic mass is 35.5. The normalized spacial score (nSPS) is 10.2. The molecule has 9 nitrogen and oxygen atoms in total. The van der Waals surface area contributed by atoms with Gasteiger partial charge in [-0.2, -0.15) is 0 Å². The summed E-state index contributed by atoms with van der Waals surface area (Å²) in [5.74, 6) is -5.16. The molecule has 0 aliphatic heterocycles. The molecule has 0 bridgehead atoms. The molecule has 0 radical (unpaired) electrons. The fraction of sp³-hybridized carbons (Fsp3) is 0.227. The average molecular weight is 463 g/mol. The Balaban J connectivity index is 3.35. The van der Waals surface area contributed by atoms with Gasteiger partial charge in [0.25, 0.3) is 0 Å². The fourth-order valence-electron chi connectivity index (χ4n) is 3.23. The lowest BCUT2D eigenvalue weighted by Gasteiger charge is -2.22. The fourth-order valence-corrected chi connectivity index (χ4v) is 3.36. The van der Waals surface area contributed by atoms with Gasteiger partial charge in [-0.05, 0) is 24.6 Å². The third-order valence-corrected chi connectivity index (χ3v) is 4.80. The zero-order valence-corrected chi connectivity index (χ0v) is 18.6. The monoisotopic (exact) mass is 462 g/mol. The van der Waals surface area contributed by atoms with Gasteiger partial charge in [-0.3, -0.25) is 4.79 Å². The van der Waals surface area contributed by atoms with Crippen LogP contribution in [-0.2, 0) is 18.9 Å². The molecule has 2 aromatic rings. The van der Waals surface area contributed by atoms with Gasteiger partial charge in [0.05, 0.1) is 50.7 Å². The van der Waals surface area contributed by atoms with E-state index in [1.165, 1.54) is 24.3 Å². The maximum Gasteiger partial charge on any atom is 0.339 e. The van der Waals surface area contributed by atoms with Gasteiger partial charge in [0.1, 0.15) is 0 Å². The number of benzene rings is 2. The molecule has 0 N–H and O–H groups in total. The highest BCUT2D eigenvalue weighted by Crippen LogP contribution is 2.38. The van der Waals surface area contributed by atoms with Crippen LogP contribution in [-0.4, -0.2) is 58.1 Å². The molecule has 168 valence electrons. The second kappa shape index (κ2) is 10.1. The van der Waals surface area contributed by atoms with E-state index in [0.717, 1.165) is 35.4 Å². The van der Waals surface area contributed by atoms with Crippen molar-refractivity contribution in [1.29, 1.82) is 0 Å². The molecule has 0 unspecified atom stereocenters. The average Bonchev–Trinajstić information content (AvgIpc) is 2.80. The molecule has 0 aliphatic rings. The Bertz CT molecular complexity index is 1120. The van der Waals surface area contributed by atoms with Gasteiger partial charge in [0.2, 0.25) is 0 Å². The van der Waals surface area contributed by atoms with Gasteiger partial charge in [-0.15, -0.1) is 0 Å². The predicted octanol–water partition coefficient (Wildman–Crippen LogP) is 3.36. The van der Waals surface area contributed by atoms with E-state index in [9.17, 15) is 24.0 Å². The number of halogens is 1. The maximum absolute atomic E-state index is 12.9. The first-order chi connectivity index (χ1) is 15.1. The smallest absolute Gasteiger partial charge is 0.339 e. The lowest BCUT2D eigenvalue weighted by Crippen LogP contribution is -2.26. The summed E-state index contributed by atoms with van der Waals surface area (Å²) >= 11 is 5.96. The number of hydrogen-bond acceptors (Lipinski definition) is 9. The molecule has 0 atom stereocenters. The van der Waals surface area contributed by atoms with Crippen molar-refractivity contribution >= 4 is 41.3 Å². The molecule has 0 amide bonds. The Labute approximate surface area is 188 Å². The van der Waals surface area contributed by atoms with Crippen LogP contribution in [0.4, 0.5) is 0 Å². The van der Waals surface area contributed by atoms with Crippen molar-refractivity contribution < 1.29 is 42.9 Å². The first-order valence-electron chi connectivity index (χ1n) is 8.98. The molecule has 10 heteroatoms. The molecule has 0 spiro atoms. The summed E-state index contributed by atoms with van der Waals surface area (Å²) in [7, 11) is 4.10. The van der Waals surface area contributed by atoms with Crippen LogP contribution < -0.4 is 0 Å². The van der Waals surface area contributed by atoms with Crippen molar-refractivity contribution in [2.24, 2.45) is 0 Å². The van der Waals surface area contributed by atoms with E-state index >= 15 is 0 Å². The molecular formula is C22H19ClO9. The minimum absolute atomic E-state index is 0.130. The molecule has 0 aliphatic carbocycles. The Morgan fingerprint density at radius 3 is 1.31 bits per heavy atom. The molecule has 0 aromatic heterocycles. The number of carbonyl (C=O) groups excluding carboxylic acids is 5. The largest absolute Gasteiger partial charge is 0.465 e. The summed E-state index contributed by atoms with van der Waals surface area (Å²) in [4.78, 5) is 63.9. The molecule has 0 saturated heterocycles. The third-order valence-electron chi connectivity index (χ3n) is 4.54. The van der Waals surface area contributed by atoms with Crippen LogP contribution >= 0.6 is 11.6 Å². The zero-order valence-electron chi connectivity index (χ0n) is 17.9. The van der Waals surface area contributed by atoms with Gasteiger partial charge in [0.15, 0.2) is 5.78 Å². The number of ether oxygens (including phenoxy) is 4. The standard InChI is InChI=1S/C22H19ClO9/c1-10(24)13-14(11-6-8-12(23)9-7-11)16(20(26)30-3)18(22(28)32-5)17(21(27)31-4)15(13)19(25)29-2/h6-9H,1-5H3. The minimum atomic E-state index is -1.17. The number of methoxy groups -OCH3 is 4. The Morgan fingerprint density at radius 2 is 0.938 bits per heavy atom. The lowest BCUT2D eigenvalue weighted by atomic mass is 9.82. The Morgan fingerprint density at radius 1 is 0.594 bits per heavy atom. The molecule has 2 aromatic carbocycles. The summed E-state index contributed by atoms with van der Waals surface area (Å²) in [6.07, 6.45) is 0. The van der Waals surface area contributed by atoms with Crippen LogP contribution in [0.15, 0.2) is 24.3 Å². The lowest BCUT2D eigenvalue weighted by molar-refractivity contribution is 0.0521. The van der Waals surface area contributed by atoms with Crippen LogP contribution in [0.5, 0.6) is 0 Å². The van der Waals surface area contributed by atoms with E-state index in [4.69, 9.17) is 30.5 Å². The van der Waals surface area contributed by atoms with Crippen molar-refractivity contribution in [2.75, 3.05) is 28.4 Å². The van der Waals surface area contributed by atoms with Crippen molar-refractivity contribution in [3.63, 3.8) is 0 Å². The van der Waals surface area contributed by atoms with Crippen molar-refractivity contribution in [2.45, 2.75) is 6.92 Å². The number of hydrogen-bond donors (Lipinski definition) is 0. The first kappa shape index (κ1) is 24.5. The second-order valence-electron chi connectivity index (χ2n) is 6.28. The molecule has 32 heavy (non-hydrogen) atoms. The van der Waals surface area contributed by atoms with E-state index < -0.39 is 51.9 Å². The van der Waals surface area contributed by atoms with Crippen LogP contribution in [0, 0.1) is 0 Å². The van der Waals surface area contributed by atoms with Gasteiger partial charge in [0, 0.05) is 16.1 Å². The SMILES string of the molecule is COC(=O)c1c(C(=O)OC)c(C(C)=O)c(-c2ccc(Cl)cc2)c(C(=O)OC)c1C(=O)OC. The number of Topliss-reactive ketones (excluding diaryl/α,β-unsaturated/α-hetero) is 1. The predicted molar refractivity (Wildman–Crippen MR) is 112 cm³/mol. The Kier molecular flexibility index (Phi) is 7.72. The Hall–Kier alpha value is -3.72. The molecule has 0 saturated carbocycles. The summed E-state index contributed by atoms with van der Waals surface area (Å²) < 4.78 is 19.1. The van der Waals surface area contributed by atoms with Crippen LogP contribution in [0.1, 0.15) is 58.7 Å². The van der Waals surface area contributed by atoms with E-state index in [2.05, 4.69) is 0 Å². The highest BCUT2D eigenvalue weighted by molar-refractivity contribution is 6.30. The molecule has 0 fully saturated rings. The second-order valence-corrected chi connectivity index (χ2v) is 6.72. The molecule has 2 rings (SSSR count). The van der Waals surface area contributed by atoms with E-state index in [-0.39, 0.29) is 16.7 Å². The number of rotatable bonds is 6. The van der Waals surface area contributed by atoms with Gasteiger partial charge < -0.3 is 18.9 Å². The number of ketones is 1. The van der Waals surface area contributed by atoms with Gasteiger partial charge >= 0.3 is 23.9 Å². The first-order valence-corrected chi connectivity index (χ1v) is 9.36. The third kappa shape index (κ3) is 4.33. The highest BCUT2D eigenvalue weighted by Gasteiger charge is 2.39. The van der Waals surface area contributed by atoms with Crippen LogP contribution in [0.25, 0.3) is 11.1 Å². The van der Waals surface area contributed by atoms with Crippen molar-refractivity contribution in [1.82, 2.24) is 0 Å². The maximum atomic E-state index is 12.9. The van der Waals surface area contributed by atoms with E-state index in [0.29, 0.717) is 5.02 Å². The summed E-state index contributed by atoms with van der Waals surface area (Å²) in [6.45, 7) is 1.13. The summed E-state index contributed by atoms with van der Waals surface area (Å²) in [6, 6.07) is 5.89. The van der Waals surface area contributed by atoms with E-state index in [1.807, 2.05) is 0 Å². The summed E-state index contributed by atoms with van der Waals surface area (Å²) in [5, 5.41) is 0.352. The number of esters is 4. The minimum Gasteiger partial charge on any atom is -0.465 e. The summed E-state index contributed by atoms with van der Waals surface area (Å²) in [5.41, 5.74) is -2.50. The van der Waals surface area contributed by atoms with Crippen molar-refractivity contribution in [3.05, 3.63) is 57.1 Å². The number of carbonyl (C=O) groups is 5. The molecule has 0 heterocycles. The van der Waals surface area contributed by atoms with Gasteiger partial charge in [-0.25, -0.2) is 19.2 Å². The zero-order chi connectivity index (χ0) is 24.2. The van der Waals surface area contributed by atoms with Crippen molar-refractivity contribution in [3.8, 4) is 11.1 Å². The quantitative estimate of drug-likeness (QED) is 0.361. The van der Waals surface area contributed by atoms with Crippen LogP contribution in [0.3, 0.4) is 0 Å². The van der Waals surface area contributed by atoms with Crippen LogP contribution in [0.2, 0.25) is 5.02 Å². The molecular weight excluding hydrogens is 444 g/mol. The van der Waals surface area contributed by atoms with E-state index in [1.54, 1.807) is 0 Å².